The van der Waals surface area contributed by atoms with Crippen molar-refractivity contribution in [3.8, 4) is 0 Å². The number of aliphatic hydroxyl groups is 1. The lowest BCUT2D eigenvalue weighted by Gasteiger charge is -2.33. The van der Waals surface area contributed by atoms with Crippen LogP contribution in [0.25, 0.3) is 0 Å². The van der Waals surface area contributed by atoms with Crippen LogP contribution < -0.4 is 0 Å². The van der Waals surface area contributed by atoms with E-state index in [1.165, 1.54) is 12.1 Å². The van der Waals surface area contributed by atoms with Crippen LogP contribution in [0.2, 0.25) is 0 Å². The van der Waals surface area contributed by atoms with Crippen LogP contribution in [0.15, 0.2) is 18.2 Å². The number of amides is 1. The summed E-state index contributed by atoms with van der Waals surface area (Å²) >= 11 is 0. The summed E-state index contributed by atoms with van der Waals surface area (Å²) in [5, 5.41) is 21.1. The number of carbonyl (C=O) groups is 1. The summed E-state index contributed by atoms with van der Waals surface area (Å²) < 4.78 is 0. The lowest BCUT2D eigenvalue weighted by atomic mass is 9.96. The molecule has 0 bridgehead atoms. The van der Waals surface area contributed by atoms with E-state index in [2.05, 4.69) is 0 Å². The van der Waals surface area contributed by atoms with Crippen LogP contribution in [0, 0.1) is 17.0 Å². The van der Waals surface area contributed by atoms with Crippen LogP contribution in [0.1, 0.15) is 42.6 Å². The minimum Gasteiger partial charge on any atom is -0.388 e. The van der Waals surface area contributed by atoms with E-state index >= 15 is 0 Å². The molecular weight excluding hydrogens is 272 g/mol. The molecule has 1 N–H and O–H groups in total. The molecule has 0 aromatic heterocycles. The number of likely N-dealkylation sites (tertiary alicyclic amines) is 1. The molecule has 21 heavy (non-hydrogen) atoms. The van der Waals surface area contributed by atoms with Gasteiger partial charge in [-0.1, -0.05) is 0 Å². The number of non-ortho nitro benzene ring substituents is 1. The summed E-state index contributed by atoms with van der Waals surface area (Å²) in [6.45, 7) is 5.65. The van der Waals surface area contributed by atoms with Gasteiger partial charge in [0, 0.05) is 24.2 Å². The summed E-state index contributed by atoms with van der Waals surface area (Å²) in [5.41, 5.74) is -0.0937. The van der Waals surface area contributed by atoms with Crippen molar-refractivity contribution in [1.29, 1.82) is 0 Å². The van der Waals surface area contributed by atoms with Gasteiger partial charge in [-0.15, -0.1) is 0 Å². The number of nitro benzene ring substituents is 1. The van der Waals surface area contributed by atoms with Gasteiger partial charge in [-0.3, -0.25) is 14.9 Å². The average molecular weight is 292 g/mol. The summed E-state index contributed by atoms with van der Waals surface area (Å²) in [7, 11) is 0. The van der Waals surface area contributed by atoms with Crippen molar-refractivity contribution in [3.63, 3.8) is 0 Å². The molecule has 1 aromatic rings. The first-order chi connectivity index (χ1) is 9.70. The van der Waals surface area contributed by atoms with Crippen LogP contribution in [-0.4, -0.2) is 39.0 Å². The molecule has 1 unspecified atom stereocenters. The molecule has 1 saturated heterocycles. The van der Waals surface area contributed by atoms with Crippen molar-refractivity contribution in [2.75, 3.05) is 6.54 Å². The minimum atomic E-state index is -0.984. The Morgan fingerprint density at radius 2 is 2.10 bits per heavy atom. The quantitative estimate of drug-likeness (QED) is 0.684. The molecule has 6 nitrogen and oxygen atoms in total. The topological polar surface area (TPSA) is 83.7 Å². The van der Waals surface area contributed by atoms with Gasteiger partial charge < -0.3 is 10.0 Å². The van der Waals surface area contributed by atoms with Gasteiger partial charge in [0.2, 0.25) is 0 Å². The second-order valence-electron chi connectivity index (χ2n) is 6.12. The fourth-order valence-electron chi connectivity index (χ4n) is 2.90. The van der Waals surface area contributed by atoms with Crippen molar-refractivity contribution in [3.05, 3.63) is 39.4 Å². The summed E-state index contributed by atoms with van der Waals surface area (Å²) in [4.78, 5) is 24.7. The number of nitro groups is 1. The predicted molar refractivity (Wildman–Crippen MR) is 78.2 cm³/mol. The molecule has 0 saturated carbocycles. The summed E-state index contributed by atoms with van der Waals surface area (Å²) in [5.74, 6) is -0.258. The van der Waals surface area contributed by atoms with Gasteiger partial charge in [-0.2, -0.15) is 0 Å². The maximum atomic E-state index is 12.6. The normalized spacial score (nSPS) is 18.9. The molecular formula is C15H20N2O4. The first-order valence-corrected chi connectivity index (χ1v) is 6.99. The molecule has 1 heterocycles. The number of benzene rings is 1. The van der Waals surface area contributed by atoms with E-state index in [4.69, 9.17) is 0 Å². The summed E-state index contributed by atoms with van der Waals surface area (Å²) in [6.07, 6.45) is 1.57. The second kappa shape index (κ2) is 5.44. The highest BCUT2D eigenvalue weighted by molar-refractivity contribution is 5.95. The predicted octanol–water partition coefficient (Wildman–Crippen LogP) is 2.28. The van der Waals surface area contributed by atoms with Crippen LogP contribution in [-0.2, 0) is 0 Å². The molecule has 1 aliphatic heterocycles. The van der Waals surface area contributed by atoms with Crippen molar-refractivity contribution < 1.29 is 14.8 Å². The molecule has 114 valence electrons. The van der Waals surface area contributed by atoms with Gasteiger partial charge in [-0.25, -0.2) is 0 Å². The van der Waals surface area contributed by atoms with E-state index < -0.39 is 10.5 Å². The van der Waals surface area contributed by atoms with E-state index in [9.17, 15) is 20.0 Å². The second-order valence-corrected chi connectivity index (χ2v) is 6.12. The zero-order valence-corrected chi connectivity index (χ0v) is 12.5. The maximum Gasteiger partial charge on any atom is 0.270 e. The monoisotopic (exact) mass is 292 g/mol. The molecule has 0 aliphatic carbocycles. The largest absolute Gasteiger partial charge is 0.388 e. The number of hydrogen-bond acceptors (Lipinski definition) is 4. The first-order valence-electron chi connectivity index (χ1n) is 6.99. The molecule has 2 rings (SSSR count). The number of carbonyl (C=O) groups excluding carboxylic acids is 1. The van der Waals surface area contributed by atoms with Gasteiger partial charge in [-0.05, 0) is 45.2 Å². The van der Waals surface area contributed by atoms with E-state index in [1.807, 2.05) is 0 Å². The Balaban J connectivity index is 2.34. The van der Waals surface area contributed by atoms with Crippen LogP contribution in [0.3, 0.4) is 0 Å². The molecule has 0 radical (unpaired) electrons. The third kappa shape index (κ3) is 3.21. The fraction of sp³-hybridized carbons (Fsp3) is 0.533. The number of aryl methyl sites for hydroxylation is 1. The van der Waals surface area contributed by atoms with Gasteiger partial charge in [0.25, 0.3) is 11.6 Å². The van der Waals surface area contributed by atoms with Gasteiger partial charge in [0.05, 0.1) is 16.6 Å². The Morgan fingerprint density at radius 3 is 2.67 bits per heavy atom. The van der Waals surface area contributed by atoms with Crippen molar-refractivity contribution in [2.24, 2.45) is 0 Å². The molecule has 1 atom stereocenters. The Morgan fingerprint density at radius 1 is 1.43 bits per heavy atom. The highest BCUT2D eigenvalue weighted by Crippen LogP contribution is 2.29. The Labute approximate surface area is 123 Å². The Kier molecular flexibility index (Phi) is 4.00. The summed E-state index contributed by atoms with van der Waals surface area (Å²) in [6, 6.07) is 4.13. The highest BCUT2D eigenvalue weighted by Gasteiger charge is 2.38. The third-order valence-electron chi connectivity index (χ3n) is 3.85. The molecule has 1 aromatic carbocycles. The Bertz CT molecular complexity index is 578. The van der Waals surface area contributed by atoms with E-state index in [1.54, 1.807) is 31.7 Å². The minimum absolute atomic E-state index is 0.0858. The van der Waals surface area contributed by atoms with Gasteiger partial charge in [0.15, 0.2) is 0 Å². The molecule has 1 fully saturated rings. The van der Waals surface area contributed by atoms with E-state index in [0.717, 1.165) is 12.8 Å². The van der Waals surface area contributed by atoms with E-state index in [0.29, 0.717) is 17.7 Å². The maximum absolute atomic E-state index is 12.6. The lowest BCUT2D eigenvalue weighted by molar-refractivity contribution is -0.384. The van der Waals surface area contributed by atoms with Crippen LogP contribution in [0.4, 0.5) is 5.69 Å². The first kappa shape index (κ1) is 15.4. The van der Waals surface area contributed by atoms with Crippen molar-refractivity contribution in [2.45, 2.75) is 45.3 Å². The van der Waals surface area contributed by atoms with Gasteiger partial charge >= 0.3 is 0 Å². The average Bonchev–Trinajstić information content (AvgIpc) is 2.86. The fourth-order valence-corrected chi connectivity index (χ4v) is 2.90. The highest BCUT2D eigenvalue weighted by atomic mass is 16.6. The van der Waals surface area contributed by atoms with Crippen LogP contribution in [0.5, 0.6) is 0 Å². The van der Waals surface area contributed by atoms with Gasteiger partial charge in [0.1, 0.15) is 0 Å². The van der Waals surface area contributed by atoms with E-state index in [-0.39, 0.29) is 17.6 Å². The Hall–Kier alpha value is -1.95. The van der Waals surface area contributed by atoms with Crippen molar-refractivity contribution >= 4 is 11.6 Å². The number of hydrogen-bond donors (Lipinski definition) is 1. The SMILES string of the molecule is Cc1cc(C(=O)N2CCCC2C(C)(C)O)cc([N+](=O)[O-])c1. The molecule has 0 spiro atoms. The van der Waals surface area contributed by atoms with Crippen molar-refractivity contribution in [1.82, 2.24) is 4.90 Å². The molecule has 1 amide bonds. The third-order valence-corrected chi connectivity index (χ3v) is 3.85. The smallest absolute Gasteiger partial charge is 0.270 e. The zero-order chi connectivity index (χ0) is 15.8. The standard InChI is InChI=1S/C15H20N2O4/c1-10-7-11(9-12(8-10)17(20)21)14(18)16-6-4-5-13(16)15(2,3)19/h7-9,13,19H,4-6H2,1-3H3. The number of rotatable bonds is 3. The lowest BCUT2D eigenvalue weighted by Crippen LogP contribution is -2.48. The molecule has 1 aliphatic rings. The van der Waals surface area contributed by atoms with Crippen LogP contribution >= 0.6 is 0 Å². The number of nitrogens with zero attached hydrogens (tertiary/aromatic N) is 2. The molecule has 6 heteroatoms. The zero-order valence-electron chi connectivity index (χ0n) is 12.5.